The van der Waals surface area contributed by atoms with Gasteiger partial charge in [0.15, 0.2) is 5.82 Å². The number of nitrogen functional groups attached to an aromatic ring is 1. The zero-order valence-electron chi connectivity index (χ0n) is 33.6. The lowest BCUT2D eigenvalue weighted by molar-refractivity contribution is -0.0690. The van der Waals surface area contributed by atoms with E-state index >= 15 is 0 Å². The van der Waals surface area contributed by atoms with Crippen molar-refractivity contribution in [1.29, 1.82) is 10.5 Å². The SMILES string of the molecule is CCCCCCCCCCCCCCCCCCOC[C@H](COP(=O)(O)OC[C@H]1O[C@@](C#N)(c2ccc3c(N)ncnn23)[C@H](O)[C@@H]1O)OCc1cc(F)cc(C#N)c1. The maximum absolute atomic E-state index is 14.1. The van der Waals surface area contributed by atoms with Crippen LogP contribution in [-0.2, 0) is 40.0 Å². The molecule has 4 rings (SSSR count). The highest BCUT2D eigenvalue weighted by Crippen LogP contribution is 2.46. The van der Waals surface area contributed by atoms with E-state index in [1.54, 1.807) is 0 Å². The predicted octanol–water partition coefficient (Wildman–Crippen LogP) is 7.16. The lowest BCUT2D eigenvalue weighted by Crippen LogP contribution is -2.41. The van der Waals surface area contributed by atoms with Gasteiger partial charge in [0.1, 0.15) is 48.1 Å². The van der Waals surface area contributed by atoms with Gasteiger partial charge >= 0.3 is 7.82 Å². The van der Waals surface area contributed by atoms with Crippen LogP contribution >= 0.6 is 7.82 Å². The van der Waals surface area contributed by atoms with Gasteiger partial charge in [0.25, 0.3) is 0 Å². The summed E-state index contributed by atoms with van der Waals surface area (Å²) in [5.41, 5.74) is 4.64. The fourth-order valence-electron chi connectivity index (χ4n) is 7.06. The lowest BCUT2D eigenvalue weighted by Gasteiger charge is -2.24. The standard InChI is InChI=1S/C41H60FN6O9P/c1-2-3-4-5-6-7-8-9-10-11-12-13-14-15-16-17-20-53-26-34(54-25-32-21-31(24-43)22-33(42)23-32)27-55-58(51,52)56-28-36-38(49)39(50)41(29-44,57-36)37-19-18-35-40(45)46-30-47-48(35)37/h18-19,21-23,30,34,36,38-39,49-50H,2-17,20,25-28H2,1H3,(H,51,52)(H2,45,46,47)/t34-,36-,38-,39-,41+/m1/s1. The Kier molecular flexibility index (Phi) is 19.9. The Bertz CT molecular complexity index is 1820. The first-order valence-electron chi connectivity index (χ1n) is 20.6. The van der Waals surface area contributed by atoms with Gasteiger partial charge in [-0.3, -0.25) is 9.05 Å². The van der Waals surface area contributed by atoms with Crippen LogP contribution in [0.25, 0.3) is 5.52 Å². The second kappa shape index (κ2) is 24.5. The van der Waals surface area contributed by atoms with Crippen LogP contribution in [0.3, 0.4) is 0 Å². The molecule has 0 aliphatic carbocycles. The molecule has 0 spiro atoms. The molecule has 6 atom stereocenters. The number of nitrogens with two attached hydrogens (primary N) is 1. The Labute approximate surface area is 340 Å². The van der Waals surface area contributed by atoms with Gasteiger partial charge in [-0.1, -0.05) is 103 Å². The molecule has 0 amide bonds. The van der Waals surface area contributed by atoms with E-state index in [1.807, 2.05) is 12.1 Å². The Morgan fingerprint density at radius 3 is 2.21 bits per heavy atom. The Balaban J connectivity index is 1.20. The monoisotopic (exact) mass is 830 g/mol. The van der Waals surface area contributed by atoms with Crippen molar-refractivity contribution < 1.29 is 47.3 Å². The summed E-state index contributed by atoms with van der Waals surface area (Å²) in [6.45, 7) is 1.32. The highest BCUT2D eigenvalue weighted by Gasteiger charge is 2.58. The highest BCUT2D eigenvalue weighted by molar-refractivity contribution is 7.47. The van der Waals surface area contributed by atoms with Crippen molar-refractivity contribution in [2.75, 3.05) is 32.2 Å². The van der Waals surface area contributed by atoms with Crippen molar-refractivity contribution in [2.24, 2.45) is 0 Å². The van der Waals surface area contributed by atoms with Gasteiger partial charge in [-0.25, -0.2) is 18.5 Å². The van der Waals surface area contributed by atoms with E-state index in [4.69, 9.17) is 29.0 Å². The summed E-state index contributed by atoms with van der Waals surface area (Å²) in [6.07, 6.45) is 15.3. The van der Waals surface area contributed by atoms with Gasteiger partial charge < -0.3 is 35.1 Å². The summed E-state index contributed by atoms with van der Waals surface area (Å²) >= 11 is 0. The van der Waals surface area contributed by atoms with Crippen molar-refractivity contribution in [3.8, 4) is 12.1 Å². The number of nitrogens with zero attached hydrogens (tertiary/aromatic N) is 5. The molecule has 1 aromatic carbocycles. The Morgan fingerprint density at radius 1 is 0.948 bits per heavy atom. The van der Waals surface area contributed by atoms with Crippen LogP contribution in [0.5, 0.6) is 0 Å². The van der Waals surface area contributed by atoms with Gasteiger partial charge in [0.2, 0.25) is 5.60 Å². The maximum atomic E-state index is 14.1. The Hall–Kier alpha value is -3.54. The van der Waals surface area contributed by atoms with E-state index in [0.717, 1.165) is 31.7 Å². The summed E-state index contributed by atoms with van der Waals surface area (Å²) in [5.74, 6) is -0.501. The molecule has 2 aromatic heterocycles. The molecule has 320 valence electrons. The molecule has 1 saturated heterocycles. The van der Waals surface area contributed by atoms with Crippen molar-refractivity contribution in [1.82, 2.24) is 14.6 Å². The van der Waals surface area contributed by atoms with Gasteiger partial charge in [-0.2, -0.15) is 15.6 Å². The summed E-state index contributed by atoms with van der Waals surface area (Å²) < 4.78 is 56.2. The smallest absolute Gasteiger partial charge is 0.387 e. The summed E-state index contributed by atoms with van der Waals surface area (Å²) in [6, 6.07) is 10.5. The number of hydrogen-bond acceptors (Lipinski definition) is 13. The number of nitriles is 2. The zero-order chi connectivity index (χ0) is 41.8. The first-order valence-corrected chi connectivity index (χ1v) is 22.1. The van der Waals surface area contributed by atoms with Crippen molar-refractivity contribution >= 4 is 19.2 Å². The molecule has 0 radical (unpaired) electrons. The van der Waals surface area contributed by atoms with E-state index < -0.39 is 56.9 Å². The second-order valence-corrected chi connectivity index (χ2v) is 16.4. The van der Waals surface area contributed by atoms with E-state index in [9.17, 15) is 34.6 Å². The molecule has 15 nitrogen and oxygen atoms in total. The van der Waals surface area contributed by atoms with Crippen molar-refractivity contribution in [3.63, 3.8) is 0 Å². The van der Waals surface area contributed by atoms with E-state index in [0.29, 0.717) is 17.7 Å². The number of anilines is 1. The number of hydrogen-bond donors (Lipinski definition) is 4. The third-order valence-corrected chi connectivity index (χ3v) is 11.3. The molecule has 1 aliphatic heterocycles. The third-order valence-electron chi connectivity index (χ3n) is 10.3. The molecule has 3 heterocycles. The maximum Gasteiger partial charge on any atom is 0.472 e. The number of rotatable bonds is 29. The number of aromatic nitrogens is 3. The fourth-order valence-corrected chi connectivity index (χ4v) is 7.82. The number of benzene rings is 1. The van der Waals surface area contributed by atoms with Gasteiger partial charge in [0, 0.05) is 6.61 Å². The van der Waals surface area contributed by atoms with Crippen LogP contribution in [-0.4, -0.2) is 80.5 Å². The number of halogens is 1. The van der Waals surface area contributed by atoms with Crippen LogP contribution in [0.2, 0.25) is 0 Å². The van der Waals surface area contributed by atoms with Crippen LogP contribution in [0.15, 0.2) is 36.7 Å². The summed E-state index contributed by atoms with van der Waals surface area (Å²) in [4.78, 5) is 14.5. The molecule has 58 heavy (non-hydrogen) atoms. The minimum absolute atomic E-state index is 0.0141. The number of phosphoric acid groups is 1. The van der Waals surface area contributed by atoms with Gasteiger partial charge in [0.05, 0.1) is 43.8 Å². The van der Waals surface area contributed by atoms with Crippen LogP contribution in [0.4, 0.5) is 10.2 Å². The molecule has 3 aromatic rings. The van der Waals surface area contributed by atoms with Gasteiger partial charge in [-0.05, 0) is 42.3 Å². The number of aliphatic hydroxyl groups excluding tert-OH is 2. The average molecular weight is 831 g/mol. The predicted molar refractivity (Wildman–Crippen MR) is 213 cm³/mol. The molecule has 17 heteroatoms. The molecule has 0 bridgehead atoms. The number of ether oxygens (including phenoxy) is 3. The minimum atomic E-state index is -4.83. The summed E-state index contributed by atoms with van der Waals surface area (Å²) in [7, 11) is -4.83. The first-order chi connectivity index (χ1) is 28.0. The van der Waals surface area contributed by atoms with Crippen molar-refractivity contribution in [2.45, 2.75) is 146 Å². The average Bonchev–Trinajstić information content (AvgIpc) is 3.76. The lowest BCUT2D eigenvalue weighted by atomic mass is 9.92. The molecule has 1 unspecified atom stereocenters. The van der Waals surface area contributed by atoms with Crippen molar-refractivity contribution in [3.05, 3.63) is 59.3 Å². The molecule has 1 fully saturated rings. The fraction of sp³-hybridized carbons (Fsp3) is 0.659. The molecular weight excluding hydrogens is 770 g/mol. The van der Waals surface area contributed by atoms with E-state index in [1.165, 1.54) is 112 Å². The molecular formula is C41H60FN6O9P. The number of phosphoric ester groups is 1. The highest BCUT2D eigenvalue weighted by atomic mass is 31.2. The normalized spacial score (nSPS) is 20.8. The minimum Gasteiger partial charge on any atom is -0.387 e. The van der Waals surface area contributed by atoms with E-state index in [-0.39, 0.29) is 30.3 Å². The van der Waals surface area contributed by atoms with Crippen LogP contribution in [0.1, 0.15) is 126 Å². The first kappa shape index (κ1) is 47.1. The van der Waals surface area contributed by atoms with Crippen LogP contribution in [0, 0.1) is 28.5 Å². The number of fused-ring (bicyclic) bond motifs is 1. The molecule has 5 N–H and O–H groups in total. The van der Waals surface area contributed by atoms with Crippen LogP contribution < -0.4 is 5.73 Å². The number of aliphatic hydroxyl groups is 2. The zero-order valence-corrected chi connectivity index (χ0v) is 34.4. The molecule has 0 saturated carbocycles. The quantitative estimate of drug-likeness (QED) is 0.0402. The van der Waals surface area contributed by atoms with E-state index in [2.05, 4.69) is 17.0 Å². The van der Waals surface area contributed by atoms with Gasteiger partial charge in [-0.15, -0.1) is 0 Å². The third kappa shape index (κ3) is 14.3. The topological polar surface area (TPSA) is 228 Å². The Morgan fingerprint density at radius 2 is 1.59 bits per heavy atom. The largest absolute Gasteiger partial charge is 0.472 e. The molecule has 1 aliphatic rings. The summed E-state index contributed by atoms with van der Waals surface area (Å²) in [5, 5.41) is 45.2. The second-order valence-electron chi connectivity index (χ2n) is 14.9. The number of unbranched alkanes of at least 4 members (excludes halogenated alkanes) is 15.